The molecule has 180 valence electrons. The van der Waals surface area contributed by atoms with Crippen LogP contribution in [-0.4, -0.2) is 48.9 Å². The van der Waals surface area contributed by atoms with E-state index in [4.69, 9.17) is 18.9 Å². The summed E-state index contributed by atoms with van der Waals surface area (Å²) in [6.07, 6.45) is 1.43. The molecule has 1 aromatic carbocycles. The molecule has 0 aromatic heterocycles. The largest absolute Gasteiger partial charge is 0.469 e. The van der Waals surface area contributed by atoms with Gasteiger partial charge in [-0.15, -0.1) is 0 Å². The number of hydrogen-bond acceptors (Lipinski definition) is 6. The summed E-state index contributed by atoms with van der Waals surface area (Å²) < 4.78 is 23.1. The molecule has 1 saturated heterocycles. The fourth-order valence-corrected chi connectivity index (χ4v) is 4.11. The Labute approximate surface area is 192 Å². The van der Waals surface area contributed by atoms with Crippen molar-refractivity contribution in [3.63, 3.8) is 0 Å². The van der Waals surface area contributed by atoms with Crippen LogP contribution in [0.5, 0.6) is 0 Å². The number of aliphatic hydroxyl groups excluding tert-OH is 1. The molecular weight excluding hydrogens is 408 g/mol. The number of benzene rings is 1. The van der Waals surface area contributed by atoms with Crippen molar-refractivity contribution in [1.82, 2.24) is 0 Å². The van der Waals surface area contributed by atoms with E-state index in [9.17, 15) is 9.90 Å². The summed E-state index contributed by atoms with van der Waals surface area (Å²) >= 11 is 0. The lowest BCUT2D eigenvalue weighted by Gasteiger charge is -2.38. The normalized spacial score (nSPS) is 22.4. The number of methoxy groups -OCH3 is 1. The third-order valence-electron chi connectivity index (χ3n) is 6.19. The van der Waals surface area contributed by atoms with Gasteiger partial charge in [0.15, 0.2) is 5.79 Å². The highest BCUT2D eigenvalue weighted by molar-refractivity contribution is 5.77. The van der Waals surface area contributed by atoms with Crippen molar-refractivity contribution in [2.45, 2.75) is 85.1 Å². The first-order valence-electron chi connectivity index (χ1n) is 11.4. The smallest absolute Gasteiger partial charge is 0.314 e. The van der Waals surface area contributed by atoms with Crippen LogP contribution < -0.4 is 0 Å². The van der Waals surface area contributed by atoms with Gasteiger partial charge in [-0.3, -0.25) is 4.79 Å². The van der Waals surface area contributed by atoms with Crippen molar-refractivity contribution in [1.29, 1.82) is 0 Å². The molecule has 1 aromatic rings. The van der Waals surface area contributed by atoms with Crippen molar-refractivity contribution in [2.24, 2.45) is 11.3 Å². The van der Waals surface area contributed by atoms with Crippen LogP contribution in [0.3, 0.4) is 0 Å². The first-order valence-corrected chi connectivity index (χ1v) is 11.4. The van der Waals surface area contributed by atoms with Crippen molar-refractivity contribution < 1.29 is 28.8 Å². The average molecular weight is 449 g/mol. The van der Waals surface area contributed by atoms with Gasteiger partial charge in [0.1, 0.15) is 0 Å². The van der Waals surface area contributed by atoms with Crippen molar-refractivity contribution in [3.05, 3.63) is 47.5 Å². The predicted molar refractivity (Wildman–Crippen MR) is 124 cm³/mol. The van der Waals surface area contributed by atoms with Crippen LogP contribution in [0.15, 0.2) is 42.0 Å². The van der Waals surface area contributed by atoms with Crippen LogP contribution in [0.1, 0.15) is 59.9 Å². The van der Waals surface area contributed by atoms with E-state index < -0.39 is 23.3 Å². The maximum atomic E-state index is 12.7. The molecule has 1 aliphatic heterocycles. The fourth-order valence-electron chi connectivity index (χ4n) is 4.11. The Balaban J connectivity index is 2.23. The van der Waals surface area contributed by atoms with Gasteiger partial charge in [-0.25, -0.2) is 0 Å². The average Bonchev–Trinajstić information content (AvgIpc) is 3.12. The van der Waals surface area contributed by atoms with Gasteiger partial charge in [-0.05, 0) is 46.6 Å². The Morgan fingerprint density at radius 1 is 1.31 bits per heavy atom. The van der Waals surface area contributed by atoms with Crippen LogP contribution in [0.2, 0.25) is 0 Å². The van der Waals surface area contributed by atoms with Crippen molar-refractivity contribution in [3.8, 4) is 0 Å². The van der Waals surface area contributed by atoms with E-state index >= 15 is 0 Å². The second-order valence-electron chi connectivity index (χ2n) is 9.72. The zero-order valence-corrected chi connectivity index (χ0v) is 20.6. The summed E-state index contributed by atoms with van der Waals surface area (Å²) in [6.45, 7) is 12.3. The molecular formula is C26H40O6. The minimum Gasteiger partial charge on any atom is -0.469 e. The molecule has 1 fully saturated rings. The fraction of sp³-hybridized carbons (Fsp3) is 0.654. The van der Waals surface area contributed by atoms with Gasteiger partial charge < -0.3 is 24.1 Å². The molecule has 6 heteroatoms. The molecule has 0 amide bonds. The molecule has 32 heavy (non-hydrogen) atoms. The molecule has 0 aliphatic carbocycles. The van der Waals surface area contributed by atoms with Crippen LogP contribution in [-0.2, 0) is 30.3 Å². The summed E-state index contributed by atoms with van der Waals surface area (Å²) in [6, 6.07) is 9.91. The van der Waals surface area contributed by atoms with Crippen LogP contribution >= 0.6 is 0 Å². The molecule has 2 rings (SSSR count). The molecule has 6 nitrogen and oxygen atoms in total. The maximum absolute atomic E-state index is 12.7. The Hall–Kier alpha value is -1.73. The summed E-state index contributed by atoms with van der Waals surface area (Å²) in [5.41, 5.74) is 1.03. The Morgan fingerprint density at radius 3 is 2.50 bits per heavy atom. The quantitative estimate of drug-likeness (QED) is 0.392. The summed E-state index contributed by atoms with van der Waals surface area (Å²) in [5, 5.41) is 11.4. The van der Waals surface area contributed by atoms with Gasteiger partial charge in [0.25, 0.3) is 0 Å². The second-order valence-corrected chi connectivity index (χ2v) is 9.72. The van der Waals surface area contributed by atoms with E-state index in [1.54, 1.807) is 6.92 Å². The van der Waals surface area contributed by atoms with E-state index in [2.05, 4.69) is 0 Å². The number of allylic oxidation sites excluding steroid dienone is 2. The number of rotatable bonds is 11. The zero-order valence-electron chi connectivity index (χ0n) is 20.6. The van der Waals surface area contributed by atoms with Gasteiger partial charge in [0, 0.05) is 12.3 Å². The summed E-state index contributed by atoms with van der Waals surface area (Å²) in [5.74, 6) is -1.42. The molecule has 0 saturated carbocycles. The Kier molecular flexibility index (Phi) is 9.46. The zero-order chi connectivity index (χ0) is 23.9. The number of esters is 1. The van der Waals surface area contributed by atoms with Gasteiger partial charge in [-0.1, -0.05) is 48.9 Å². The number of carbonyl (C=O) groups is 1. The Morgan fingerprint density at radius 2 is 1.97 bits per heavy atom. The Bertz CT molecular complexity index is 755. The van der Waals surface area contributed by atoms with Gasteiger partial charge in [0.2, 0.25) is 0 Å². The van der Waals surface area contributed by atoms with E-state index in [0.717, 1.165) is 11.1 Å². The molecule has 1 aliphatic rings. The topological polar surface area (TPSA) is 74.2 Å². The molecule has 0 bridgehead atoms. The number of carbonyl (C=O) groups excluding carboxylic acids is 1. The third kappa shape index (κ3) is 7.14. The molecule has 5 atom stereocenters. The monoisotopic (exact) mass is 448 g/mol. The van der Waals surface area contributed by atoms with Gasteiger partial charge in [-0.2, -0.15) is 0 Å². The number of ether oxygens (including phenoxy) is 4. The second kappa shape index (κ2) is 11.4. The van der Waals surface area contributed by atoms with Crippen LogP contribution in [0.4, 0.5) is 0 Å². The number of hydrogen-bond donors (Lipinski definition) is 1. The predicted octanol–water partition coefficient (Wildman–Crippen LogP) is 4.65. The highest BCUT2D eigenvalue weighted by atomic mass is 16.7. The summed E-state index contributed by atoms with van der Waals surface area (Å²) in [4.78, 5) is 12.7. The number of aliphatic hydroxyl groups is 1. The molecule has 1 heterocycles. The van der Waals surface area contributed by atoms with E-state index in [1.807, 2.05) is 71.0 Å². The third-order valence-corrected chi connectivity index (χ3v) is 6.19. The van der Waals surface area contributed by atoms with Crippen LogP contribution in [0.25, 0.3) is 0 Å². The standard InChI is InChI=1S/C26H40O6/c1-18(2)13-14-26(6,24(28)29-7)23(27)19(3)22(15-21-17-31-25(4,5)32-21)30-16-20-11-9-8-10-12-20/h8-13,19,21-23,27H,14-17H2,1-7H3/t19-,21+,22-,23+,26+/m1/s1. The highest BCUT2D eigenvalue weighted by Crippen LogP contribution is 2.37. The minimum atomic E-state index is -1.09. The molecule has 0 radical (unpaired) electrons. The van der Waals surface area contributed by atoms with Gasteiger partial charge >= 0.3 is 5.97 Å². The molecule has 0 spiro atoms. The van der Waals surface area contributed by atoms with E-state index in [0.29, 0.717) is 26.1 Å². The summed E-state index contributed by atoms with van der Waals surface area (Å²) in [7, 11) is 1.36. The van der Waals surface area contributed by atoms with Crippen LogP contribution in [0, 0.1) is 11.3 Å². The minimum absolute atomic E-state index is 0.150. The SMILES string of the molecule is COC(=O)[C@@](C)(CC=C(C)C)[C@@H](O)[C@H](C)[C@@H](C[C@H]1COC(C)(C)O1)OCc1ccccc1. The van der Waals surface area contributed by atoms with Crippen molar-refractivity contribution in [2.75, 3.05) is 13.7 Å². The lowest BCUT2D eigenvalue weighted by Crippen LogP contribution is -2.48. The first kappa shape index (κ1) is 26.5. The molecule has 0 unspecified atom stereocenters. The lowest BCUT2D eigenvalue weighted by molar-refractivity contribution is -0.167. The maximum Gasteiger partial charge on any atom is 0.314 e. The van der Waals surface area contributed by atoms with E-state index in [-0.39, 0.29) is 18.1 Å². The highest BCUT2D eigenvalue weighted by Gasteiger charge is 2.46. The van der Waals surface area contributed by atoms with Gasteiger partial charge in [0.05, 0.1) is 44.1 Å². The first-order chi connectivity index (χ1) is 15.0. The molecule has 1 N–H and O–H groups in total. The lowest BCUT2D eigenvalue weighted by atomic mass is 9.73. The van der Waals surface area contributed by atoms with E-state index in [1.165, 1.54) is 7.11 Å². The van der Waals surface area contributed by atoms with Crippen molar-refractivity contribution >= 4 is 5.97 Å².